The van der Waals surface area contributed by atoms with Crippen LogP contribution in [0.25, 0.3) is 0 Å². The molecule has 1 fully saturated rings. The first-order valence-electron chi connectivity index (χ1n) is 9.23. The van der Waals surface area contributed by atoms with E-state index < -0.39 is 0 Å². The molecule has 0 atom stereocenters. The number of hydrogen-bond acceptors (Lipinski definition) is 2. The van der Waals surface area contributed by atoms with Gasteiger partial charge in [0.1, 0.15) is 0 Å². The van der Waals surface area contributed by atoms with Gasteiger partial charge in [-0.25, -0.2) is 0 Å². The normalized spacial score (nSPS) is 14.6. The van der Waals surface area contributed by atoms with E-state index in [4.69, 9.17) is 0 Å². The SMILES string of the molecule is O=C(CCn1ccccc1=O)N(CCc1ccccc1)C1CCCC1. The summed E-state index contributed by atoms with van der Waals surface area (Å²) >= 11 is 0. The van der Waals surface area contributed by atoms with E-state index in [1.165, 1.54) is 24.5 Å². The smallest absolute Gasteiger partial charge is 0.250 e. The van der Waals surface area contributed by atoms with E-state index in [1.807, 2.05) is 24.3 Å². The van der Waals surface area contributed by atoms with Gasteiger partial charge in [0, 0.05) is 37.8 Å². The van der Waals surface area contributed by atoms with Crippen molar-refractivity contribution in [3.05, 3.63) is 70.6 Å². The molecular weight excluding hydrogens is 312 g/mol. The summed E-state index contributed by atoms with van der Waals surface area (Å²) in [5.74, 6) is 0.165. The number of pyridine rings is 1. The Bertz CT molecular complexity index is 733. The van der Waals surface area contributed by atoms with Crippen LogP contribution in [0.4, 0.5) is 0 Å². The van der Waals surface area contributed by atoms with E-state index in [0.29, 0.717) is 19.0 Å². The van der Waals surface area contributed by atoms with Gasteiger partial charge in [-0.2, -0.15) is 0 Å². The van der Waals surface area contributed by atoms with Gasteiger partial charge in [-0.05, 0) is 30.9 Å². The maximum absolute atomic E-state index is 12.8. The standard InChI is InChI=1S/C21H26N2O2/c24-20-12-6-7-15-22(20)16-14-21(25)23(19-10-4-5-11-19)17-13-18-8-2-1-3-9-18/h1-3,6-9,12,15,19H,4-5,10-11,13-14,16-17H2. The molecule has 0 N–H and O–H groups in total. The lowest BCUT2D eigenvalue weighted by atomic mass is 10.1. The van der Waals surface area contributed by atoms with Crippen molar-refractivity contribution < 1.29 is 4.79 Å². The minimum atomic E-state index is -0.0491. The van der Waals surface area contributed by atoms with Crippen LogP contribution in [0.3, 0.4) is 0 Å². The van der Waals surface area contributed by atoms with E-state index in [1.54, 1.807) is 16.8 Å². The van der Waals surface area contributed by atoms with Crippen LogP contribution >= 0.6 is 0 Å². The van der Waals surface area contributed by atoms with Crippen molar-refractivity contribution in [1.82, 2.24) is 9.47 Å². The number of carbonyl (C=O) groups excluding carboxylic acids is 1. The molecule has 1 saturated carbocycles. The average molecular weight is 338 g/mol. The molecule has 0 radical (unpaired) electrons. The number of rotatable bonds is 7. The zero-order valence-electron chi connectivity index (χ0n) is 14.6. The molecule has 1 aromatic heterocycles. The fourth-order valence-electron chi connectivity index (χ4n) is 3.63. The van der Waals surface area contributed by atoms with Gasteiger partial charge in [0.25, 0.3) is 5.56 Å². The van der Waals surface area contributed by atoms with Crippen LogP contribution in [0, 0.1) is 0 Å². The third-order valence-corrected chi connectivity index (χ3v) is 5.04. The summed E-state index contributed by atoms with van der Waals surface area (Å²) in [5.41, 5.74) is 1.21. The number of aryl methyl sites for hydroxylation is 1. The number of aromatic nitrogens is 1. The monoisotopic (exact) mass is 338 g/mol. The molecule has 25 heavy (non-hydrogen) atoms. The molecule has 0 spiro atoms. The lowest BCUT2D eigenvalue weighted by Crippen LogP contribution is -2.41. The first-order chi connectivity index (χ1) is 12.2. The zero-order chi connectivity index (χ0) is 17.5. The molecule has 4 nitrogen and oxygen atoms in total. The molecule has 0 bridgehead atoms. The van der Waals surface area contributed by atoms with Gasteiger partial charge in [-0.3, -0.25) is 9.59 Å². The molecule has 3 rings (SSSR count). The van der Waals surface area contributed by atoms with Crippen LogP contribution in [0.5, 0.6) is 0 Å². The van der Waals surface area contributed by atoms with Gasteiger partial charge >= 0.3 is 0 Å². The third-order valence-electron chi connectivity index (χ3n) is 5.04. The van der Waals surface area contributed by atoms with Crippen LogP contribution in [-0.2, 0) is 17.8 Å². The second-order valence-corrected chi connectivity index (χ2v) is 6.74. The highest BCUT2D eigenvalue weighted by atomic mass is 16.2. The second kappa shape index (κ2) is 8.65. The van der Waals surface area contributed by atoms with Crippen molar-refractivity contribution in [2.24, 2.45) is 0 Å². The summed E-state index contributed by atoms with van der Waals surface area (Å²) in [7, 11) is 0. The Hall–Kier alpha value is -2.36. The van der Waals surface area contributed by atoms with Crippen molar-refractivity contribution in [1.29, 1.82) is 0 Å². The molecule has 1 aromatic carbocycles. The van der Waals surface area contributed by atoms with Gasteiger partial charge in [0.15, 0.2) is 0 Å². The molecule has 1 amide bonds. The Morgan fingerprint density at radius 3 is 2.48 bits per heavy atom. The van der Waals surface area contributed by atoms with Crippen LogP contribution in [-0.4, -0.2) is 28.0 Å². The largest absolute Gasteiger partial charge is 0.339 e. The maximum atomic E-state index is 12.8. The molecule has 2 aromatic rings. The Morgan fingerprint density at radius 1 is 1.04 bits per heavy atom. The lowest BCUT2D eigenvalue weighted by Gasteiger charge is -2.29. The number of carbonyl (C=O) groups is 1. The summed E-state index contributed by atoms with van der Waals surface area (Å²) in [6.07, 6.45) is 7.64. The van der Waals surface area contributed by atoms with Crippen molar-refractivity contribution in [2.75, 3.05) is 6.54 Å². The van der Waals surface area contributed by atoms with Gasteiger partial charge < -0.3 is 9.47 Å². The van der Waals surface area contributed by atoms with E-state index in [-0.39, 0.29) is 11.5 Å². The van der Waals surface area contributed by atoms with Crippen LogP contribution < -0.4 is 5.56 Å². The third kappa shape index (κ3) is 4.81. The van der Waals surface area contributed by atoms with E-state index >= 15 is 0 Å². The summed E-state index contributed by atoms with van der Waals surface area (Å²) in [5, 5.41) is 0. The molecule has 0 saturated heterocycles. The number of nitrogens with zero attached hydrogens (tertiary/aromatic N) is 2. The summed E-state index contributed by atoms with van der Waals surface area (Å²) < 4.78 is 1.61. The molecule has 1 aliphatic rings. The first kappa shape index (κ1) is 17.5. The van der Waals surface area contributed by atoms with E-state index in [9.17, 15) is 9.59 Å². The topological polar surface area (TPSA) is 42.3 Å². The molecule has 1 aliphatic carbocycles. The highest BCUT2D eigenvalue weighted by Crippen LogP contribution is 2.24. The Kier molecular flexibility index (Phi) is 6.04. The average Bonchev–Trinajstić information content (AvgIpc) is 3.16. The molecule has 0 aliphatic heterocycles. The Morgan fingerprint density at radius 2 is 1.76 bits per heavy atom. The Balaban J connectivity index is 1.62. The van der Waals surface area contributed by atoms with Gasteiger partial charge in [0.05, 0.1) is 0 Å². The fourth-order valence-corrected chi connectivity index (χ4v) is 3.63. The molecular formula is C21H26N2O2. The van der Waals surface area contributed by atoms with Crippen molar-refractivity contribution in [3.63, 3.8) is 0 Å². The minimum Gasteiger partial charge on any atom is -0.339 e. The molecule has 132 valence electrons. The highest BCUT2D eigenvalue weighted by Gasteiger charge is 2.26. The van der Waals surface area contributed by atoms with Crippen LogP contribution in [0.15, 0.2) is 59.5 Å². The van der Waals surface area contributed by atoms with Crippen LogP contribution in [0.1, 0.15) is 37.7 Å². The van der Waals surface area contributed by atoms with Crippen molar-refractivity contribution >= 4 is 5.91 Å². The number of hydrogen-bond donors (Lipinski definition) is 0. The minimum absolute atomic E-state index is 0.0491. The van der Waals surface area contributed by atoms with Gasteiger partial charge in [-0.15, -0.1) is 0 Å². The highest BCUT2D eigenvalue weighted by molar-refractivity contribution is 5.76. The summed E-state index contributed by atoms with van der Waals surface area (Å²) in [6.45, 7) is 1.21. The van der Waals surface area contributed by atoms with Crippen molar-refractivity contribution in [2.45, 2.75) is 51.1 Å². The maximum Gasteiger partial charge on any atom is 0.250 e. The summed E-state index contributed by atoms with van der Waals surface area (Å²) in [4.78, 5) is 26.7. The lowest BCUT2D eigenvalue weighted by molar-refractivity contribution is -0.133. The predicted molar refractivity (Wildman–Crippen MR) is 99.4 cm³/mol. The van der Waals surface area contributed by atoms with E-state index in [0.717, 1.165) is 25.8 Å². The van der Waals surface area contributed by atoms with Gasteiger partial charge in [0.2, 0.25) is 5.91 Å². The molecule has 0 unspecified atom stereocenters. The van der Waals surface area contributed by atoms with Gasteiger partial charge in [-0.1, -0.05) is 49.2 Å². The molecule has 1 heterocycles. The van der Waals surface area contributed by atoms with E-state index in [2.05, 4.69) is 17.0 Å². The predicted octanol–water partition coefficient (Wildman–Crippen LogP) is 3.25. The second-order valence-electron chi connectivity index (χ2n) is 6.74. The quantitative estimate of drug-likeness (QED) is 0.778. The summed E-state index contributed by atoms with van der Waals surface area (Å²) in [6, 6.07) is 15.8. The zero-order valence-corrected chi connectivity index (χ0v) is 14.6. The molecule has 4 heteroatoms. The first-order valence-corrected chi connectivity index (χ1v) is 9.23. The number of benzene rings is 1. The van der Waals surface area contributed by atoms with Crippen molar-refractivity contribution in [3.8, 4) is 0 Å². The Labute approximate surface area is 149 Å². The number of amides is 1. The van der Waals surface area contributed by atoms with Crippen LogP contribution in [0.2, 0.25) is 0 Å². The fraction of sp³-hybridized carbons (Fsp3) is 0.429.